The Balaban J connectivity index is 1.44. The van der Waals surface area contributed by atoms with Crippen LogP contribution in [0.2, 0.25) is 10.0 Å². The number of halogens is 5. The van der Waals surface area contributed by atoms with E-state index in [2.05, 4.69) is 10.1 Å². The monoisotopic (exact) mass is 632 g/mol. The number of likely N-dealkylation sites (N-methyl/N-ethyl adjacent to an activating group) is 1. The Morgan fingerprint density at radius 3 is 2.30 bits per heavy atom. The number of rotatable bonds is 6. The van der Waals surface area contributed by atoms with Gasteiger partial charge in [0.25, 0.3) is 17.7 Å². The molecule has 1 fully saturated rings. The number of benzene rings is 3. The lowest BCUT2D eigenvalue weighted by molar-refractivity contribution is -0.138. The number of ether oxygens (including phenoxy) is 1. The molecule has 5 rings (SSSR count). The topological polar surface area (TPSA) is 88.8 Å². The maximum atomic E-state index is 13.7. The summed E-state index contributed by atoms with van der Waals surface area (Å²) in [4.78, 5) is 34.3. The van der Waals surface area contributed by atoms with Crippen LogP contribution in [0.3, 0.4) is 0 Å². The molecule has 2 heterocycles. The summed E-state index contributed by atoms with van der Waals surface area (Å²) in [7, 11) is 2.63. The molecule has 2 amide bonds. The van der Waals surface area contributed by atoms with Crippen LogP contribution in [0.5, 0.6) is 5.75 Å². The van der Waals surface area contributed by atoms with E-state index in [9.17, 15) is 22.8 Å². The molecule has 0 saturated carbocycles. The van der Waals surface area contributed by atoms with Crippen LogP contribution in [-0.2, 0) is 6.18 Å². The quantitative estimate of drug-likeness (QED) is 0.233. The smallest absolute Gasteiger partial charge is 0.419 e. The Hall–Kier alpha value is -4.09. The first kappa shape index (κ1) is 30.4. The molecular formula is C30H25Cl2F3N4O4. The maximum absolute atomic E-state index is 13.7. The summed E-state index contributed by atoms with van der Waals surface area (Å²) >= 11 is 12.4. The van der Waals surface area contributed by atoms with Crippen LogP contribution < -0.4 is 4.74 Å². The Kier molecular flexibility index (Phi) is 8.40. The molecule has 0 aliphatic carbocycles. The number of carbonyl (C=O) groups is 2. The van der Waals surface area contributed by atoms with E-state index in [4.69, 9.17) is 32.5 Å². The van der Waals surface area contributed by atoms with Crippen LogP contribution >= 0.6 is 23.2 Å². The zero-order valence-electron chi connectivity index (χ0n) is 23.2. The van der Waals surface area contributed by atoms with Crippen molar-refractivity contribution >= 4 is 35.0 Å². The number of nitrogens with zero attached hydrogens (tertiary/aromatic N) is 4. The zero-order valence-corrected chi connectivity index (χ0v) is 24.7. The summed E-state index contributed by atoms with van der Waals surface area (Å²) in [5.74, 6) is -0.923. The second-order valence-electron chi connectivity index (χ2n) is 10.1. The van der Waals surface area contributed by atoms with E-state index in [-0.39, 0.29) is 24.6 Å². The third-order valence-corrected chi connectivity index (χ3v) is 8.16. The standard InChI is InChI=1S/C30H25Cl2F3N4O4/c1-16-36-27(43-37-16)17-4-6-18(7-5-17)29(41)39-14-21(19-8-10-23(31)24(32)13-19)25(15-39)38(2)28(40)20-9-11-26(42-3)22(12-20)30(33,34)35/h4-13,21,25H,14-15H2,1-3H3/t21-,25+/m1/s1. The molecule has 0 radical (unpaired) electrons. The van der Waals surface area contributed by atoms with E-state index in [0.717, 1.165) is 24.8 Å². The highest BCUT2D eigenvalue weighted by atomic mass is 35.5. The van der Waals surface area contributed by atoms with Gasteiger partial charge in [-0.3, -0.25) is 9.59 Å². The van der Waals surface area contributed by atoms with E-state index in [1.807, 2.05) is 0 Å². The lowest BCUT2D eigenvalue weighted by atomic mass is 9.93. The fraction of sp³-hybridized carbons (Fsp3) is 0.267. The van der Waals surface area contributed by atoms with Gasteiger partial charge in [0.05, 0.1) is 28.8 Å². The second-order valence-corrected chi connectivity index (χ2v) is 10.9. The molecule has 1 aliphatic rings. The number of amides is 2. The molecule has 13 heteroatoms. The van der Waals surface area contributed by atoms with E-state index < -0.39 is 35.4 Å². The third-order valence-electron chi connectivity index (χ3n) is 7.42. The van der Waals surface area contributed by atoms with Crippen LogP contribution in [-0.4, -0.2) is 65.0 Å². The summed E-state index contributed by atoms with van der Waals surface area (Å²) < 4.78 is 51.1. The molecule has 1 saturated heterocycles. The van der Waals surface area contributed by atoms with Gasteiger partial charge in [-0.1, -0.05) is 34.4 Å². The number of methoxy groups -OCH3 is 1. The number of aryl methyl sites for hydroxylation is 1. The molecule has 0 N–H and O–H groups in total. The predicted octanol–water partition coefficient (Wildman–Crippen LogP) is 6.76. The summed E-state index contributed by atoms with van der Waals surface area (Å²) in [5, 5.41) is 4.41. The minimum Gasteiger partial charge on any atom is -0.496 e. The van der Waals surface area contributed by atoms with Crippen molar-refractivity contribution in [1.29, 1.82) is 0 Å². The lowest BCUT2D eigenvalue weighted by Crippen LogP contribution is -2.42. The van der Waals surface area contributed by atoms with Crippen LogP contribution in [0.25, 0.3) is 11.5 Å². The van der Waals surface area contributed by atoms with E-state index in [1.54, 1.807) is 54.3 Å². The number of aromatic nitrogens is 2. The van der Waals surface area contributed by atoms with Crippen LogP contribution in [0.15, 0.2) is 65.2 Å². The van der Waals surface area contributed by atoms with Gasteiger partial charge in [0, 0.05) is 42.7 Å². The van der Waals surface area contributed by atoms with E-state index >= 15 is 0 Å². The molecule has 1 aromatic heterocycles. The van der Waals surface area contributed by atoms with Gasteiger partial charge in [-0.25, -0.2) is 0 Å². The van der Waals surface area contributed by atoms with Crippen molar-refractivity contribution in [3.63, 3.8) is 0 Å². The van der Waals surface area contributed by atoms with Crippen molar-refractivity contribution in [1.82, 2.24) is 19.9 Å². The predicted molar refractivity (Wildman–Crippen MR) is 153 cm³/mol. The first-order valence-electron chi connectivity index (χ1n) is 13.0. The summed E-state index contributed by atoms with van der Waals surface area (Å²) in [6.45, 7) is 2.05. The SMILES string of the molecule is COc1ccc(C(=O)N(C)[C@H]2CN(C(=O)c3ccc(-c4nc(C)no4)cc3)C[C@@H]2c2ccc(Cl)c(Cl)c2)cc1C(F)(F)F. The molecule has 43 heavy (non-hydrogen) atoms. The minimum atomic E-state index is -4.72. The normalized spacial score (nSPS) is 16.8. The molecule has 1 aliphatic heterocycles. The second kappa shape index (κ2) is 11.9. The maximum Gasteiger partial charge on any atom is 0.419 e. The highest BCUT2D eigenvalue weighted by molar-refractivity contribution is 6.42. The van der Waals surface area contributed by atoms with Crippen molar-refractivity contribution in [2.45, 2.75) is 25.1 Å². The highest BCUT2D eigenvalue weighted by Gasteiger charge is 2.41. The molecule has 4 aromatic rings. The fourth-order valence-electron chi connectivity index (χ4n) is 5.18. The highest BCUT2D eigenvalue weighted by Crippen LogP contribution is 2.38. The van der Waals surface area contributed by atoms with Gasteiger partial charge in [-0.2, -0.15) is 18.2 Å². The number of hydrogen-bond donors (Lipinski definition) is 0. The first-order valence-corrected chi connectivity index (χ1v) is 13.8. The number of likely N-dealkylation sites (tertiary alicyclic amines) is 1. The summed E-state index contributed by atoms with van der Waals surface area (Å²) in [6, 6.07) is 14.3. The lowest BCUT2D eigenvalue weighted by Gasteiger charge is -2.29. The molecule has 0 bridgehead atoms. The van der Waals surface area contributed by atoms with Crippen LogP contribution in [0, 0.1) is 6.92 Å². The Morgan fingerprint density at radius 2 is 1.70 bits per heavy atom. The average molecular weight is 633 g/mol. The molecule has 0 unspecified atom stereocenters. The Labute approximate surface area is 254 Å². The van der Waals surface area contributed by atoms with Gasteiger partial charge in [0.15, 0.2) is 5.82 Å². The molecule has 3 aromatic carbocycles. The summed E-state index contributed by atoms with van der Waals surface area (Å²) in [6.07, 6.45) is -4.72. The van der Waals surface area contributed by atoms with E-state index in [1.165, 1.54) is 18.0 Å². The van der Waals surface area contributed by atoms with Crippen LogP contribution in [0.1, 0.15) is 43.6 Å². The zero-order chi connectivity index (χ0) is 31.1. The van der Waals surface area contributed by atoms with Gasteiger partial charge in [-0.05, 0) is 67.1 Å². The molecule has 0 spiro atoms. The number of hydrogen-bond acceptors (Lipinski definition) is 6. The summed E-state index contributed by atoms with van der Waals surface area (Å²) in [5.41, 5.74) is 0.542. The van der Waals surface area contributed by atoms with Crippen molar-refractivity contribution in [2.24, 2.45) is 0 Å². The number of alkyl halides is 3. The molecule has 2 atom stereocenters. The van der Waals surface area contributed by atoms with Crippen LogP contribution in [0.4, 0.5) is 13.2 Å². The Morgan fingerprint density at radius 1 is 1.00 bits per heavy atom. The number of carbonyl (C=O) groups excluding carboxylic acids is 2. The van der Waals surface area contributed by atoms with Gasteiger partial charge in [0.2, 0.25) is 0 Å². The molecule has 224 valence electrons. The van der Waals surface area contributed by atoms with Gasteiger partial charge in [-0.15, -0.1) is 0 Å². The van der Waals surface area contributed by atoms with E-state index in [0.29, 0.717) is 32.9 Å². The third kappa shape index (κ3) is 6.18. The van der Waals surface area contributed by atoms with Crippen molar-refractivity contribution in [3.8, 4) is 17.2 Å². The largest absolute Gasteiger partial charge is 0.496 e. The molecular weight excluding hydrogens is 608 g/mol. The van der Waals surface area contributed by atoms with Gasteiger partial charge in [0.1, 0.15) is 5.75 Å². The first-order chi connectivity index (χ1) is 20.4. The van der Waals surface area contributed by atoms with Crippen molar-refractivity contribution in [2.75, 3.05) is 27.2 Å². The van der Waals surface area contributed by atoms with Crippen molar-refractivity contribution in [3.05, 3.63) is 98.8 Å². The molecule has 8 nitrogen and oxygen atoms in total. The average Bonchev–Trinajstić information content (AvgIpc) is 3.64. The Bertz CT molecular complexity index is 1680. The van der Waals surface area contributed by atoms with Gasteiger partial charge < -0.3 is 19.1 Å². The minimum absolute atomic E-state index is 0.124. The van der Waals surface area contributed by atoms with Gasteiger partial charge >= 0.3 is 6.18 Å². The van der Waals surface area contributed by atoms with Crippen molar-refractivity contribution < 1.29 is 32.0 Å². The fourth-order valence-corrected chi connectivity index (χ4v) is 5.49.